The molecule has 0 spiro atoms. The molecule has 0 aromatic heterocycles. The molecule has 1 aliphatic carbocycles. The second-order valence-electron chi connectivity index (χ2n) is 4.76. The van der Waals surface area contributed by atoms with Gasteiger partial charge in [-0.2, -0.15) is 0 Å². The van der Waals surface area contributed by atoms with Gasteiger partial charge in [-0.1, -0.05) is 53.9 Å². The molecule has 1 saturated carbocycles. The van der Waals surface area contributed by atoms with Crippen LogP contribution in [0, 0.1) is 5.92 Å². The number of carbonyl (C=O) groups excluding carboxylic acids is 1. The molecule has 0 heterocycles. The molecule has 0 N–H and O–H groups in total. The Morgan fingerprint density at radius 1 is 1.11 bits per heavy atom. The molecule has 0 unspecified atom stereocenters. The number of rotatable bonds is 2. The molecule has 0 aliphatic heterocycles. The van der Waals surface area contributed by atoms with E-state index in [2.05, 4.69) is 0 Å². The smallest absolute Gasteiger partial charge is 0.314 e. The Balaban J connectivity index is 2.04. The summed E-state index contributed by atoms with van der Waals surface area (Å²) in [6, 6.07) is 9.12. The molecule has 0 bridgehead atoms. The third-order valence-electron chi connectivity index (χ3n) is 3.54. The maximum atomic E-state index is 12.0. The number of benzene rings is 2. The van der Waals surface area contributed by atoms with Gasteiger partial charge in [-0.25, -0.2) is 0 Å². The number of esters is 1. The number of hydrogen-bond acceptors (Lipinski definition) is 2. The largest absolute Gasteiger partial charge is 0.424 e. The van der Waals surface area contributed by atoms with Gasteiger partial charge < -0.3 is 4.74 Å². The monoisotopic (exact) mass is 294 g/mol. The molecule has 0 radical (unpaired) electrons. The van der Waals surface area contributed by atoms with Crippen molar-refractivity contribution in [3.05, 3.63) is 40.4 Å². The normalized spacial score (nSPS) is 15.3. The highest BCUT2D eigenvalue weighted by molar-refractivity contribution is 6.40. The molecule has 1 fully saturated rings. The molecule has 2 nitrogen and oxygen atoms in total. The van der Waals surface area contributed by atoms with Gasteiger partial charge in [0.2, 0.25) is 0 Å². The number of halogens is 2. The van der Waals surface area contributed by atoms with Crippen molar-refractivity contribution in [2.24, 2.45) is 5.92 Å². The fourth-order valence-electron chi connectivity index (χ4n) is 2.20. The molecule has 98 valence electrons. The summed E-state index contributed by atoms with van der Waals surface area (Å²) in [4.78, 5) is 12.0. The predicted octanol–water partition coefficient (Wildman–Crippen LogP) is 4.85. The third-order valence-corrected chi connectivity index (χ3v) is 4.13. The summed E-state index contributed by atoms with van der Waals surface area (Å²) in [6.07, 6.45) is 2.90. The van der Waals surface area contributed by atoms with E-state index < -0.39 is 0 Å². The van der Waals surface area contributed by atoms with Crippen molar-refractivity contribution in [2.75, 3.05) is 0 Å². The Bertz CT molecular complexity index is 648. The molecule has 3 rings (SSSR count). The van der Waals surface area contributed by atoms with Crippen molar-refractivity contribution in [3.8, 4) is 5.75 Å². The summed E-state index contributed by atoms with van der Waals surface area (Å²) in [6.45, 7) is 0. The molecule has 0 amide bonds. The van der Waals surface area contributed by atoms with E-state index in [0.29, 0.717) is 15.8 Å². The van der Waals surface area contributed by atoms with Crippen LogP contribution in [0.1, 0.15) is 19.3 Å². The average Bonchev–Trinajstić information content (AvgIpc) is 2.32. The topological polar surface area (TPSA) is 26.3 Å². The van der Waals surface area contributed by atoms with Gasteiger partial charge >= 0.3 is 5.97 Å². The maximum absolute atomic E-state index is 12.0. The Kier molecular flexibility index (Phi) is 3.38. The van der Waals surface area contributed by atoms with Gasteiger partial charge in [0, 0.05) is 10.8 Å². The van der Waals surface area contributed by atoms with Gasteiger partial charge in [0.1, 0.15) is 0 Å². The van der Waals surface area contributed by atoms with Crippen LogP contribution in [0.2, 0.25) is 10.0 Å². The lowest BCUT2D eigenvalue weighted by atomic mass is 9.86. The minimum atomic E-state index is -0.194. The van der Waals surface area contributed by atoms with Crippen LogP contribution in [0.5, 0.6) is 5.75 Å². The van der Waals surface area contributed by atoms with E-state index in [0.717, 1.165) is 30.0 Å². The molecule has 0 atom stereocenters. The molecular weight excluding hydrogens is 283 g/mol. The van der Waals surface area contributed by atoms with Gasteiger partial charge in [-0.3, -0.25) is 4.79 Å². The van der Waals surface area contributed by atoms with Gasteiger partial charge in [0.15, 0.2) is 5.75 Å². The van der Waals surface area contributed by atoms with Crippen LogP contribution in [-0.4, -0.2) is 5.97 Å². The molecule has 2 aromatic rings. The van der Waals surface area contributed by atoms with Crippen LogP contribution in [-0.2, 0) is 4.79 Å². The zero-order chi connectivity index (χ0) is 13.4. The van der Waals surface area contributed by atoms with E-state index in [1.807, 2.05) is 24.3 Å². The fourth-order valence-corrected chi connectivity index (χ4v) is 2.78. The molecule has 2 aromatic carbocycles. The Morgan fingerprint density at radius 2 is 1.79 bits per heavy atom. The van der Waals surface area contributed by atoms with Crippen LogP contribution in [0.3, 0.4) is 0 Å². The first-order valence-electron chi connectivity index (χ1n) is 6.25. The number of fused-ring (bicyclic) bond motifs is 1. The van der Waals surface area contributed by atoms with E-state index in [-0.39, 0.29) is 11.9 Å². The van der Waals surface area contributed by atoms with Crippen LogP contribution in [0.25, 0.3) is 10.8 Å². The van der Waals surface area contributed by atoms with Gasteiger partial charge in [-0.15, -0.1) is 0 Å². The van der Waals surface area contributed by atoms with Gasteiger partial charge in [0.25, 0.3) is 0 Å². The molecule has 0 saturated heterocycles. The van der Waals surface area contributed by atoms with Crippen molar-refractivity contribution in [3.63, 3.8) is 0 Å². The Labute approximate surface area is 121 Å². The second kappa shape index (κ2) is 5.03. The predicted molar refractivity (Wildman–Crippen MR) is 76.9 cm³/mol. The molecular formula is C15H12Cl2O2. The van der Waals surface area contributed by atoms with Crippen molar-refractivity contribution in [2.45, 2.75) is 19.3 Å². The van der Waals surface area contributed by atoms with E-state index in [1.54, 1.807) is 6.07 Å². The molecule has 19 heavy (non-hydrogen) atoms. The summed E-state index contributed by atoms with van der Waals surface area (Å²) in [5, 5.41) is 2.54. The van der Waals surface area contributed by atoms with E-state index in [9.17, 15) is 4.79 Å². The van der Waals surface area contributed by atoms with Gasteiger partial charge in [-0.05, 0) is 18.9 Å². The SMILES string of the molecule is O=C(Oc1c(Cl)cc(Cl)c2ccccc12)C1CCC1. The minimum absolute atomic E-state index is 0.0190. The summed E-state index contributed by atoms with van der Waals surface area (Å²) >= 11 is 12.3. The first-order valence-corrected chi connectivity index (χ1v) is 7.01. The number of ether oxygens (including phenoxy) is 1. The van der Waals surface area contributed by atoms with Gasteiger partial charge in [0.05, 0.1) is 16.0 Å². The highest BCUT2D eigenvalue weighted by Gasteiger charge is 2.28. The summed E-state index contributed by atoms with van der Waals surface area (Å²) in [7, 11) is 0. The minimum Gasteiger partial charge on any atom is -0.424 e. The van der Waals surface area contributed by atoms with E-state index >= 15 is 0 Å². The highest BCUT2D eigenvalue weighted by atomic mass is 35.5. The lowest BCUT2D eigenvalue weighted by molar-refractivity contribution is -0.141. The molecule has 1 aliphatic rings. The van der Waals surface area contributed by atoms with Crippen LogP contribution >= 0.6 is 23.2 Å². The summed E-state index contributed by atoms with van der Waals surface area (Å²) in [5.74, 6) is 0.240. The van der Waals surface area contributed by atoms with Crippen molar-refractivity contribution in [1.29, 1.82) is 0 Å². The van der Waals surface area contributed by atoms with Crippen molar-refractivity contribution >= 4 is 39.9 Å². The van der Waals surface area contributed by atoms with Crippen LogP contribution in [0.15, 0.2) is 30.3 Å². The average molecular weight is 295 g/mol. The van der Waals surface area contributed by atoms with Crippen LogP contribution < -0.4 is 4.74 Å². The summed E-state index contributed by atoms with van der Waals surface area (Å²) < 4.78 is 5.49. The molecule has 4 heteroatoms. The van der Waals surface area contributed by atoms with Crippen LogP contribution in [0.4, 0.5) is 0 Å². The first-order chi connectivity index (χ1) is 9.16. The number of carbonyl (C=O) groups is 1. The van der Waals surface area contributed by atoms with E-state index in [4.69, 9.17) is 27.9 Å². The Morgan fingerprint density at radius 3 is 2.42 bits per heavy atom. The third kappa shape index (κ3) is 2.31. The zero-order valence-electron chi connectivity index (χ0n) is 10.2. The summed E-state index contributed by atoms with van der Waals surface area (Å²) in [5.41, 5.74) is 0. The zero-order valence-corrected chi connectivity index (χ0v) is 11.7. The standard InChI is InChI=1S/C15H12Cl2O2/c16-12-8-13(17)14(11-7-2-1-6-10(11)12)19-15(18)9-4-3-5-9/h1-2,6-9H,3-5H2. The lowest BCUT2D eigenvalue weighted by Gasteiger charge is -2.23. The van der Waals surface area contributed by atoms with Crippen molar-refractivity contribution in [1.82, 2.24) is 0 Å². The van der Waals surface area contributed by atoms with E-state index in [1.165, 1.54) is 0 Å². The first kappa shape index (κ1) is 12.8. The second-order valence-corrected chi connectivity index (χ2v) is 5.58. The lowest BCUT2D eigenvalue weighted by Crippen LogP contribution is -2.26. The number of hydrogen-bond donors (Lipinski definition) is 0. The fraction of sp³-hybridized carbons (Fsp3) is 0.267. The Hall–Kier alpha value is -1.25. The highest BCUT2D eigenvalue weighted by Crippen LogP contribution is 2.39. The quantitative estimate of drug-likeness (QED) is 0.584. The maximum Gasteiger partial charge on any atom is 0.314 e. The van der Waals surface area contributed by atoms with Crippen molar-refractivity contribution < 1.29 is 9.53 Å².